The van der Waals surface area contributed by atoms with Gasteiger partial charge < -0.3 is 19.5 Å². The summed E-state index contributed by atoms with van der Waals surface area (Å²) in [6, 6.07) is 11.5. The van der Waals surface area contributed by atoms with Crippen LogP contribution in [0.25, 0.3) is 0 Å². The third-order valence-electron chi connectivity index (χ3n) is 7.46. The molecule has 2 aromatic rings. The lowest BCUT2D eigenvalue weighted by Gasteiger charge is -2.46. The number of piperazine rings is 2. The number of ether oxygens (including phenoxy) is 1. The third kappa shape index (κ3) is 5.17. The standard InChI is InChI=1S/C25H37N5O2/c1-2-28-11-13-29(14-12-28)17-20-4-3-5-22(16-20)31-19-21-6-7-24-25(23-8-15-32-27-23)26-9-10-30(24)18-21/h3-5,8,15-16,21,24-26H,2,6-7,9-14,17-19H2,1H3. The molecule has 7 heteroatoms. The van der Waals surface area contributed by atoms with Crippen molar-refractivity contribution in [2.45, 2.75) is 38.4 Å². The average Bonchev–Trinajstić information content (AvgIpc) is 3.38. The highest BCUT2D eigenvalue weighted by atomic mass is 16.5. The van der Waals surface area contributed by atoms with E-state index in [9.17, 15) is 0 Å². The van der Waals surface area contributed by atoms with Gasteiger partial charge in [-0.3, -0.25) is 9.80 Å². The SMILES string of the molecule is CCN1CCN(Cc2cccc(OCC3CCC4C(c5ccon5)NCCN4C3)c2)CC1. The van der Waals surface area contributed by atoms with E-state index in [0.29, 0.717) is 12.0 Å². The lowest BCUT2D eigenvalue weighted by molar-refractivity contribution is 0.0374. The van der Waals surface area contributed by atoms with Crippen LogP contribution in [0.3, 0.4) is 0 Å². The summed E-state index contributed by atoms with van der Waals surface area (Å²) < 4.78 is 11.4. The second kappa shape index (κ2) is 10.3. The molecule has 1 N–H and O–H groups in total. The number of rotatable bonds is 7. The van der Waals surface area contributed by atoms with Gasteiger partial charge >= 0.3 is 0 Å². The largest absolute Gasteiger partial charge is 0.493 e. The molecule has 0 amide bonds. The molecule has 0 saturated carbocycles. The van der Waals surface area contributed by atoms with Crippen LogP contribution in [0.5, 0.6) is 5.75 Å². The zero-order valence-corrected chi connectivity index (χ0v) is 19.3. The molecule has 32 heavy (non-hydrogen) atoms. The molecule has 3 saturated heterocycles. The topological polar surface area (TPSA) is 57.0 Å². The van der Waals surface area contributed by atoms with Gasteiger partial charge in [0.2, 0.25) is 0 Å². The van der Waals surface area contributed by atoms with Gasteiger partial charge in [0, 0.05) is 70.4 Å². The summed E-state index contributed by atoms with van der Waals surface area (Å²) in [5.74, 6) is 1.59. The van der Waals surface area contributed by atoms with Gasteiger partial charge in [0.25, 0.3) is 0 Å². The normalized spacial score (nSPS) is 27.8. The Morgan fingerprint density at radius 3 is 2.78 bits per heavy atom. The predicted octanol–water partition coefficient (Wildman–Crippen LogP) is 2.62. The maximum atomic E-state index is 6.29. The number of nitrogens with zero attached hydrogens (tertiary/aromatic N) is 4. The van der Waals surface area contributed by atoms with Crippen LogP contribution in [0.15, 0.2) is 41.1 Å². The average molecular weight is 440 g/mol. The van der Waals surface area contributed by atoms with Crippen molar-refractivity contribution >= 4 is 0 Å². The highest BCUT2D eigenvalue weighted by Gasteiger charge is 2.38. The van der Waals surface area contributed by atoms with E-state index in [0.717, 1.165) is 63.9 Å². The highest BCUT2D eigenvalue weighted by Crippen LogP contribution is 2.32. The summed E-state index contributed by atoms with van der Waals surface area (Å²) in [4.78, 5) is 7.71. The maximum absolute atomic E-state index is 6.29. The number of likely N-dealkylation sites (N-methyl/N-ethyl adjacent to an activating group) is 1. The van der Waals surface area contributed by atoms with Crippen LogP contribution in [-0.2, 0) is 6.54 Å². The molecule has 5 rings (SSSR count). The molecule has 174 valence electrons. The number of hydrogen-bond donors (Lipinski definition) is 1. The summed E-state index contributed by atoms with van der Waals surface area (Å²) in [6.45, 7) is 13.1. The molecule has 0 radical (unpaired) electrons. The fourth-order valence-corrected chi connectivity index (χ4v) is 5.57. The molecule has 7 nitrogen and oxygen atoms in total. The van der Waals surface area contributed by atoms with Crippen LogP contribution in [0.2, 0.25) is 0 Å². The Morgan fingerprint density at radius 1 is 1.09 bits per heavy atom. The van der Waals surface area contributed by atoms with Crippen molar-refractivity contribution in [2.24, 2.45) is 5.92 Å². The van der Waals surface area contributed by atoms with Crippen molar-refractivity contribution in [3.63, 3.8) is 0 Å². The van der Waals surface area contributed by atoms with Gasteiger partial charge in [-0.2, -0.15) is 0 Å². The fraction of sp³-hybridized carbons (Fsp3) is 0.640. The molecule has 0 bridgehead atoms. The molecule has 1 aromatic carbocycles. The van der Waals surface area contributed by atoms with Crippen molar-refractivity contribution in [2.75, 3.05) is 59.0 Å². The molecular weight excluding hydrogens is 402 g/mol. The number of hydrogen-bond acceptors (Lipinski definition) is 7. The first-order valence-electron chi connectivity index (χ1n) is 12.3. The monoisotopic (exact) mass is 439 g/mol. The van der Waals surface area contributed by atoms with E-state index in [1.807, 2.05) is 6.07 Å². The number of aromatic nitrogens is 1. The van der Waals surface area contributed by atoms with Gasteiger partial charge in [-0.15, -0.1) is 0 Å². The Hall–Kier alpha value is -1.93. The zero-order chi connectivity index (χ0) is 21.8. The number of piperidine rings is 1. The fourth-order valence-electron chi connectivity index (χ4n) is 5.57. The Morgan fingerprint density at radius 2 is 1.97 bits per heavy atom. The van der Waals surface area contributed by atoms with Crippen molar-refractivity contribution in [1.82, 2.24) is 25.2 Å². The Kier molecular flexibility index (Phi) is 7.07. The smallest absolute Gasteiger partial charge is 0.124 e. The summed E-state index contributed by atoms with van der Waals surface area (Å²) in [7, 11) is 0. The van der Waals surface area contributed by atoms with E-state index in [1.54, 1.807) is 6.26 Å². The number of fused-ring (bicyclic) bond motifs is 1. The molecule has 3 atom stereocenters. The molecule has 0 spiro atoms. The van der Waals surface area contributed by atoms with Crippen molar-refractivity contribution in [3.05, 3.63) is 47.9 Å². The van der Waals surface area contributed by atoms with Crippen LogP contribution in [-0.4, -0.2) is 84.9 Å². The predicted molar refractivity (Wildman–Crippen MR) is 125 cm³/mol. The minimum atomic E-state index is 0.278. The molecule has 4 heterocycles. The third-order valence-corrected chi connectivity index (χ3v) is 7.46. The molecular formula is C25H37N5O2. The number of nitrogens with one attached hydrogen (secondary N) is 1. The van der Waals surface area contributed by atoms with E-state index in [2.05, 4.69) is 56.4 Å². The van der Waals surface area contributed by atoms with Gasteiger partial charge in [-0.25, -0.2) is 0 Å². The van der Waals surface area contributed by atoms with Gasteiger partial charge in [0.15, 0.2) is 0 Å². The van der Waals surface area contributed by atoms with Gasteiger partial charge in [-0.05, 0) is 37.1 Å². The first kappa shape index (κ1) is 21.9. The second-order valence-electron chi connectivity index (χ2n) is 9.53. The highest BCUT2D eigenvalue weighted by molar-refractivity contribution is 5.28. The quantitative estimate of drug-likeness (QED) is 0.712. The van der Waals surface area contributed by atoms with Gasteiger partial charge in [-0.1, -0.05) is 24.2 Å². The molecule has 1 aromatic heterocycles. The van der Waals surface area contributed by atoms with Gasteiger partial charge in [0.05, 0.1) is 12.6 Å². The Labute approximate surface area is 191 Å². The van der Waals surface area contributed by atoms with E-state index >= 15 is 0 Å². The second-order valence-corrected chi connectivity index (χ2v) is 9.53. The molecule has 0 aliphatic carbocycles. The maximum Gasteiger partial charge on any atom is 0.124 e. The summed E-state index contributed by atoms with van der Waals surface area (Å²) in [6.07, 6.45) is 4.04. The zero-order valence-electron chi connectivity index (χ0n) is 19.3. The lowest BCUT2D eigenvalue weighted by Crippen LogP contribution is -2.57. The van der Waals surface area contributed by atoms with E-state index in [1.165, 1.54) is 31.5 Å². The molecule has 3 aliphatic rings. The van der Waals surface area contributed by atoms with Crippen molar-refractivity contribution in [1.29, 1.82) is 0 Å². The first-order chi connectivity index (χ1) is 15.8. The van der Waals surface area contributed by atoms with Crippen LogP contribution in [0, 0.1) is 5.92 Å². The Balaban J connectivity index is 1.11. The van der Waals surface area contributed by atoms with Crippen molar-refractivity contribution in [3.8, 4) is 5.75 Å². The van der Waals surface area contributed by atoms with Gasteiger partial charge in [0.1, 0.15) is 17.7 Å². The molecule has 3 aliphatic heterocycles. The van der Waals surface area contributed by atoms with Crippen LogP contribution >= 0.6 is 0 Å². The first-order valence-corrected chi connectivity index (χ1v) is 12.3. The molecule has 3 unspecified atom stereocenters. The van der Waals surface area contributed by atoms with E-state index in [4.69, 9.17) is 9.26 Å². The van der Waals surface area contributed by atoms with Crippen molar-refractivity contribution < 1.29 is 9.26 Å². The van der Waals surface area contributed by atoms with Crippen LogP contribution < -0.4 is 10.1 Å². The minimum absolute atomic E-state index is 0.278. The van der Waals surface area contributed by atoms with Crippen LogP contribution in [0.1, 0.15) is 37.1 Å². The Bertz CT molecular complexity index is 837. The number of benzene rings is 1. The summed E-state index contributed by atoms with van der Waals surface area (Å²) >= 11 is 0. The lowest BCUT2D eigenvalue weighted by atomic mass is 9.87. The minimum Gasteiger partial charge on any atom is -0.493 e. The summed E-state index contributed by atoms with van der Waals surface area (Å²) in [5, 5.41) is 7.83. The van der Waals surface area contributed by atoms with Crippen LogP contribution in [0.4, 0.5) is 0 Å². The van der Waals surface area contributed by atoms with E-state index < -0.39 is 0 Å². The van der Waals surface area contributed by atoms with E-state index in [-0.39, 0.29) is 6.04 Å². The summed E-state index contributed by atoms with van der Waals surface area (Å²) in [5.41, 5.74) is 2.39. The molecule has 3 fully saturated rings.